The first-order valence-electron chi connectivity index (χ1n) is 5.81. The van der Waals surface area contributed by atoms with Crippen LogP contribution in [0.15, 0.2) is 0 Å². The molecule has 0 spiro atoms. The summed E-state index contributed by atoms with van der Waals surface area (Å²) in [5.74, 6) is -1.02. The highest BCUT2D eigenvalue weighted by Crippen LogP contribution is 2.43. The fraction of sp³-hybridized carbons (Fsp3) is 0.636. The van der Waals surface area contributed by atoms with E-state index in [-0.39, 0.29) is 17.7 Å². The van der Waals surface area contributed by atoms with E-state index in [0.29, 0.717) is 17.1 Å². The van der Waals surface area contributed by atoms with Crippen LogP contribution in [0, 0.1) is 12.3 Å². The van der Waals surface area contributed by atoms with Crippen LogP contribution in [0.4, 0.5) is 0 Å². The zero-order chi connectivity index (χ0) is 13.2. The smallest absolute Gasteiger partial charge is 0.303 e. The van der Waals surface area contributed by atoms with Crippen molar-refractivity contribution in [1.82, 2.24) is 14.9 Å². The summed E-state index contributed by atoms with van der Waals surface area (Å²) in [6.45, 7) is 2.14. The van der Waals surface area contributed by atoms with E-state index in [1.807, 2.05) is 0 Å². The van der Waals surface area contributed by atoms with Crippen LogP contribution < -0.4 is 5.32 Å². The quantitative estimate of drug-likeness (QED) is 0.838. The molecule has 1 aliphatic rings. The first-order valence-corrected chi connectivity index (χ1v) is 6.59. The SMILES string of the molecule is Cc1nnsc1C(=O)NCC1(CC(=O)O)CCC1. The van der Waals surface area contributed by atoms with E-state index in [9.17, 15) is 9.59 Å². The van der Waals surface area contributed by atoms with Gasteiger partial charge < -0.3 is 10.4 Å². The molecular formula is C11H15N3O3S. The van der Waals surface area contributed by atoms with Crippen molar-refractivity contribution in [2.45, 2.75) is 32.6 Å². The molecule has 1 fully saturated rings. The zero-order valence-corrected chi connectivity index (χ0v) is 10.9. The van der Waals surface area contributed by atoms with E-state index in [1.165, 1.54) is 0 Å². The molecule has 1 aromatic rings. The molecular weight excluding hydrogens is 254 g/mol. The lowest BCUT2D eigenvalue weighted by Crippen LogP contribution is -2.43. The molecule has 0 aromatic carbocycles. The normalized spacial score (nSPS) is 16.9. The molecule has 1 amide bonds. The Kier molecular flexibility index (Phi) is 3.60. The minimum Gasteiger partial charge on any atom is -0.481 e. The third-order valence-corrected chi connectivity index (χ3v) is 4.25. The predicted octanol–water partition coefficient (Wildman–Crippen LogP) is 1.22. The second kappa shape index (κ2) is 5.01. The number of aromatic nitrogens is 2. The maximum Gasteiger partial charge on any atom is 0.303 e. The Hall–Kier alpha value is -1.50. The minimum atomic E-state index is -0.806. The monoisotopic (exact) mass is 269 g/mol. The van der Waals surface area contributed by atoms with E-state index >= 15 is 0 Å². The molecule has 2 rings (SSSR count). The number of rotatable bonds is 5. The van der Waals surface area contributed by atoms with Gasteiger partial charge in [-0.25, -0.2) is 0 Å². The van der Waals surface area contributed by atoms with E-state index in [2.05, 4.69) is 14.9 Å². The summed E-state index contributed by atoms with van der Waals surface area (Å²) in [7, 11) is 0. The zero-order valence-electron chi connectivity index (χ0n) is 10.1. The lowest BCUT2D eigenvalue weighted by molar-refractivity contribution is -0.141. The average molecular weight is 269 g/mol. The van der Waals surface area contributed by atoms with Crippen molar-refractivity contribution in [3.8, 4) is 0 Å². The number of carboxylic acid groups (broad SMARTS) is 1. The highest BCUT2D eigenvalue weighted by atomic mass is 32.1. The number of carbonyl (C=O) groups excluding carboxylic acids is 1. The standard InChI is InChI=1S/C11H15N3O3S/c1-7-9(18-14-13-7)10(17)12-6-11(3-2-4-11)5-8(15)16/h2-6H2,1H3,(H,12,17)(H,15,16). The Morgan fingerprint density at radius 3 is 2.67 bits per heavy atom. The number of nitrogens with one attached hydrogen (secondary N) is 1. The van der Waals surface area contributed by atoms with Crippen LogP contribution in [0.3, 0.4) is 0 Å². The Labute approximate surface area is 109 Å². The second-order valence-corrected chi connectivity index (χ2v) is 5.55. The number of aryl methyl sites for hydroxylation is 1. The minimum absolute atomic E-state index is 0.118. The molecule has 1 saturated carbocycles. The molecule has 0 aliphatic heterocycles. The van der Waals surface area contributed by atoms with Crippen LogP contribution >= 0.6 is 11.5 Å². The van der Waals surface area contributed by atoms with E-state index < -0.39 is 5.97 Å². The Morgan fingerprint density at radius 2 is 2.22 bits per heavy atom. The molecule has 0 unspecified atom stereocenters. The van der Waals surface area contributed by atoms with Gasteiger partial charge in [-0.15, -0.1) is 5.10 Å². The van der Waals surface area contributed by atoms with Crippen molar-refractivity contribution in [2.75, 3.05) is 6.54 Å². The topological polar surface area (TPSA) is 92.2 Å². The van der Waals surface area contributed by atoms with Gasteiger partial charge in [-0.3, -0.25) is 9.59 Å². The molecule has 0 bridgehead atoms. The molecule has 1 aliphatic carbocycles. The number of hydrogen-bond donors (Lipinski definition) is 2. The van der Waals surface area contributed by atoms with E-state index in [4.69, 9.17) is 5.11 Å². The highest BCUT2D eigenvalue weighted by molar-refractivity contribution is 7.07. The molecule has 7 heteroatoms. The average Bonchev–Trinajstić information content (AvgIpc) is 2.67. The molecule has 98 valence electrons. The van der Waals surface area contributed by atoms with Crippen molar-refractivity contribution in [3.63, 3.8) is 0 Å². The second-order valence-electron chi connectivity index (χ2n) is 4.79. The van der Waals surface area contributed by atoms with Gasteiger partial charge in [-0.05, 0) is 36.7 Å². The molecule has 1 heterocycles. The van der Waals surface area contributed by atoms with E-state index in [0.717, 1.165) is 30.8 Å². The van der Waals surface area contributed by atoms with Crippen molar-refractivity contribution >= 4 is 23.4 Å². The summed E-state index contributed by atoms with van der Waals surface area (Å²) in [6.07, 6.45) is 2.87. The maximum atomic E-state index is 11.9. The van der Waals surface area contributed by atoms with Gasteiger partial charge >= 0.3 is 5.97 Å². The summed E-state index contributed by atoms with van der Waals surface area (Å²) in [5, 5.41) is 15.5. The van der Waals surface area contributed by atoms with Gasteiger partial charge in [0.15, 0.2) is 0 Å². The number of aliphatic carboxylic acids is 1. The van der Waals surface area contributed by atoms with Crippen LogP contribution in [-0.4, -0.2) is 33.1 Å². The number of carbonyl (C=O) groups is 2. The number of carboxylic acids is 1. The van der Waals surface area contributed by atoms with Gasteiger partial charge in [0.1, 0.15) is 4.88 Å². The van der Waals surface area contributed by atoms with Crippen LogP contribution in [0.25, 0.3) is 0 Å². The highest BCUT2D eigenvalue weighted by Gasteiger charge is 2.39. The van der Waals surface area contributed by atoms with Crippen LogP contribution in [0.5, 0.6) is 0 Å². The third-order valence-electron chi connectivity index (χ3n) is 3.42. The van der Waals surface area contributed by atoms with Crippen molar-refractivity contribution in [1.29, 1.82) is 0 Å². The van der Waals surface area contributed by atoms with Gasteiger partial charge in [0.05, 0.1) is 12.1 Å². The molecule has 18 heavy (non-hydrogen) atoms. The van der Waals surface area contributed by atoms with Gasteiger partial charge in [0.2, 0.25) is 0 Å². The fourth-order valence-corrected chi connectivity index (χ4v) is 2.77. The molecule has 6 nitrogen and oxygen atoms in total. The summed E-state index contributed by atoms with van der Waals surface area (Å²) in [4.78, 5) is 23.2. The lowest BCUT2D eigenvalue weighted by atomic mass is 9.66. The Balaban J connectivity index is 1.93. The lowest BCUT2D eigenvalue weighted by Gasteiger charge is -2.40. The Bertz CT molecular complexity index is 468. The van der Waals surface area contributed by atoms with Crippen LogP contribution in [-0.2, 0) is 4.79 Å². The van der Waals surface area contributed by atoms with Gasteiger partial charge in [0, 0.05) is 6.54 Å². The van der Waals surface area contributed by atoms with Crippen LogP contribution in [0.1, 0.15) is 41.0 Å². The molecule has 0 radical (unpaired) electrons. The first-order chi connectivity index (χ1) is 8.52. The molecule has 1 aromatic heterocycles. The van der Waals surface area contributed by atoms with Crippen LogP contribution in [0.2, 0.25) is 0 Å². The van der Waals surface area contributed by atoms with E-state index in [1.54, 1.807) is 6.92 Å². The number of hydrogen-bond acceptors (Lipinski definition) is 5. The summed E-state index contributed by atoms with van der Waals surface area (Å²) in [6, 6.07) is 0. The maximum absolute atomic E-state index is 11.9. The molecule has 0 saturated heterocycles. The van der Waals surface area contributed by atoms with Crippen molar-refractivity contribution in [2.24, 2.45) is 5.41 Å². The van der Waals surface area contributed by atoms with Gasteiger partial charge in [-0.2, -0.15) is 0 Å². The first kappa shape index (κ1) is 12.9. The summed E-state index contributed by atoms with van der Waals surface area (Å²) in [5.41, 5.74) is 0.353. The predicted molar refractivity (Wildman–Crippen MR) is 65.5 cm³/mol. The largest absolute Gasteiger partial charge is 0.481 e. The summed E-state index contributed by atoms with van der Waals surface area (Å²) < 4.78 is 3.71. The third kappa shape index (κ3) is 2.66. The summed E-state index contributed by atoms with van der Waals surface area (Å²) >= 11 is 1.06. The van der Waals surface area contributed by atoms with Gasteiger partial charge in [-0.1, -0.05) is 10.9 Å². The van der Waals surface area contributed by atoms with Gasteiger partial charge in [0.25, 0.3) is 5.91 Å². The fourth-order valence-electron chi connectivity index (χ4n) is 2.20. The van der Waals surface area contributed by atoms with Crippen molar-refractivity contribution < 1.29 is 14.7 Å². The molecule has 2 N–H and O–H groups in total. The Morgan fingerprint density at radius 1 is 1.50 bits per heavy atom. The number of nitrogens with zero attached hydrogens (tertiary/aromatic N) is 2. The number of amides is 1. The molecule has 0 atom stereocenters. The van der Waals surface area contributed by atoms with Crippen molar-refractivity contribution in [3.05, 3.63) is 10.6 Å².